The van der Waals surface area contributed by atoms with Gasteiger partial charge in [-0.1, -0.05) is 30.3 Å². The van der Waals surface area contributed by atoms with E-state index in [1.165, 1.54) is 0 Å². The molecule has 164 valence electrons. The van der Waals surface area contributed by atoms with E-state index in [0.717, 1.165) is 52.1 Å². The molecule has 0 spiro atoms. The van der Waals surface area contributed by atoms with Crippen LogP contribution in [0.15, 0.2) is 42.6 Å². The molecule has 5 rings (SSSR count). The highest BCUT2D eigenvalue weighted by Gasteiger charge is 2.29. The molecule has 0 bridgehead atoms. The predicted molar refractivity (Wildman–Crippen MR) is 124 cm³/mol. The summed E-state index contributed by atoms with van der Waals surface area (Å²) in [5.74, 6) is 0.335. The third-order valence-corrected chi connectivity index (χ3v) is 6.40. The van der Waals surface area contributed by atoms with E-state index in [4.69, 9.17) is 10.1 Å². The maximum absolute atomic E-state index is 13.5. The van der Waals surface area contributed by atoms with Gasteiger partial charge in [-0.15, -0.1) is 0 Å². The fraction of sp³-hybridized carbons (Fsp3) is 0.360. The number of fused-ring (bicyclic) bond motifs is 1. The largest absolute Gasteiger partial charge is 0.345 e. The van der Waals surface area contributed by atoms with Crippen LogP contribution in [-0.2, 0) is 13.6 Å². The van der Waals surface area contributed by atoms with E-state index >= 15 is 0 Å². The summed E-state index contributed by atoms with van der Waals surface area (Å²) in [4.78, 5) is 18.4. The molecule has 1 N–H and O–H groups in total. The average Bonchev–Trinajstić information content (AvgIpc) is 3.52. The third kappa shape index (κ3) is 3.68. The number of aryl methyl sites for hydroxylation is 2. The van der Waals surface area contributed by atoms with Crippen LogP contribution in [0.1, 0.15) is 70.3 Å². The van der Waals surface area contributed by atoms with Gasteiger partial charge >= 0.3 is 0 Å². The lowest BCUT2D eigenvalue weighted by Crippen LogP contribution is -2.27. The zero-order chi connectivity index (χ0) is 22.4. The van der Waals surface area contributed by atoms with Crippen molar-refractivity contribution in [3.05, 3.63) is 76.4 Å². The molecule has 1 saturated carbocycles. The van der Waals surface area contributed by atoms with E-state index in [1.54, 1.807) is 0 Å². The first-order valence-electron chi connectivity index (χ1n) is 11.1. The number of hydrogen-bond donors (Lipinski definition) is 1. The molecule has 3 heterocycles. The first-order valence-corrected chi connectivity index (χ1v) is 11.1. The second kappa shape index (κ2) is 7.89. The summed E-state index contributed by atoms with van der Waals surface area (Å²) in [6.45, 7) is 6.58. The summed E-state index contributed by atoms with van der Waals surface area (Å²) >= 11 is 0. The highest BCUT2D eigenvalue weighted by molar-refractivity contribution is 6.06. The Morgan fingerprint density at radius 1 is 1.22 bits per heavy atom. The van der Waals surface area contributed by atoms with Gasteiger partial charge in [-0.05, 0) is 45.2 Å². The van der Waals surface area contributed by atoms with E-state index in [9.17, 15) is 4.79 Å². The second-order valence-corrected chi connectivity index (χ2v) is 8.80. The van der Waals surface area contributed by atoms with E-state index in [-0.39, 0.29) is 11.9 Å². The number of rotatable bonds is 6. The number of benzene rings is 1. The molecule has 0 saturated heterocycles. The highest BCUT2D eigenvalue weighted by atomic mass is 16.1. The summed E-state index contributed by atoms with van der Waals surface area (Å²) in [7, 11) is 1.91. The smallest absolute Gasteiger partial charge is 0.252 e. The summed E-state index contributed by atoms with van der Waals surface area (Å²) < 4.78 is 3.75. The highest BCUT2D eigenvalue weighted by Crippen LogP contribution is 2.40. The number of nitrogens with zero attached hydrogens (tertiary/aromatic N) is 5. The fourth-order valence-corrected chi connectivity index (χ4v) is 4.30. The fourth-order valence-electron chi connectivity index (χ4n) is 4.30. The number of carbonyl (C=O) groups is 1. The lowest BCUT2D eigenvalue weighted by Gasteiger charge is -2.15. The van der Waals surface area contributed by atoms with Crippen LogP contribution in [0.4, 0.5) is 0 Å². The summed E-state index contributed by atoms with van der Waals surface area (Å²) in [5.41, 5.74) is 6.46. The molecule has 0 radical (unpaired) electrons. The van der Waals surface area contributed by atoms with Gasteiger partial charge in [-0.2, -0.15) is 10.2 Å². The molecule has 1 aromatic carbocycles. The normalized spacial score (nSPS) is 14.6. The summed E-state index contributed by atoms with van der Waals surface area (Å²) in [6.07, 6.45) is 4.06. The number of amides is 1. The van der Waals surface area contributed by atoms with Gasteiger partial charge in [0.1, 0.15) is 0 Å². The van der Waals surface area contributed by atoms with Gasteiger partial charge in [0.2, 0.25) is 0 Å². The lowest BCUT2D eigenvalue weighted by atomic mass is 10.1. The molecular weight excluding hydrogens is 400 g/mol. The van der Waals surface area contributed by atoms with Gasteiger partial charge in [-0.3, -0.25) is 9.48 Å². The zero-order valence-electron chi connectivity index (χ0n) is 19.0. The molecule has 4 aromatic rings. The Labute approximate surface area is 187 Å². The third-order valence-electron chi connectivity index (χ3n) is 6.40. The molecule has 0 unspecified atom stereocenters. The first-order chi connectivity index (χ1) is 15.4. The number of pyridine rings is 1. The Balaban J connectivity index is 1.54. The molecule has 7 heteroatoms. The van der Waals surface area contributed by atoms with Crippen LogP contribution in [0.2, 0.25) is 0 Å². The van der Waals surface area contributed by atoms with Crippen molar-refractivity contribution in [3.8, 4) is 0 Å². The molecule has 32 heavy (non-hydrogen) atoms. The number of nitrogens with one attached hydrogen (secondary N) is 1. The van der Waals surface area contributed by atoms with Gasteiger partial charge in [0.25, 0.3) is 5.91 Å². The van der Waals surface area contributed by atoms with Gasteiger partial charge in [0, 0.05) is 29.9 Å². The number of aromatic nitrogens is 5. The van der Waals surface area contributed by atoms with Crippen molar-refractivity contribution in [1.82, 2.24) is 29.9 Å². The molecule has 1 amide bonds. The molecule has 1 fully saturated rings. The molecular formula is C25H28N6O. The minimum atomic E-state index is -0.150. The Bertz CT molecular complexity index is 1300. The monoisotopic (exact) mass is 428 g/mol. The first kappa shape index (κ1) is 20.4. The maximum Gasteiger partial charge on any atom is 0.252 e. The SMILES string of the molecule is Cc1nn(Cc2ccccc2)c2nc(C3CC3)cc(C(=O)N[C@@H](C)c3cnn(C)c3C)c12. The maximum atomic E-state index is 13.5. The quantitative estimate of drug-likeness (QED) is 0.499. The zero-order valence-corrected chi connectivity index (χ0v) is 19.0. The Hall–Kier alpha value is -3.48. The lowest BCUT2D eigenvalue weighted by molar-refractivity contribution is 0.0941. The van der Waals surface area contributed by atoms with Crippen molar-refractivity contribution in [2.45, 2.75) is 52.1 Å². The van der Waals surface area contributed by atoms with Crippen molar-refractivity contribution >= 4 is 16.9 Å². The van der Waals surface area contributed by atoms with Gasteiger partial charge in [0.05, 0.1) is 35.4 Å². The van der Waals surface area contributed by atoms with Crippen LogP contribution in [0.3, 0.4) is 0 Å². The van der Waals surface area contributed by atoms with Crippen LogP contribution in [-0.4, -0.2) is 30.5 Å². The molecule has 1 aliphatic carbocycles. The van der Waals surface area contributed by atoms with E-state index in [2.05, 4.69) is 22.5 Å². The summed E-state index contributed by atoms with van der Waals surface area (Å²) in [5, 5.41) is 13.1. The van der Waals surface area contributed by atoms with Crippen molar-refractivity contribution in [2.75, 3.05) is 0 Å². The minimum absolute atomic E-state index is 0.0996. The van der Waals surface area contributed by atoms with Crippen LogP contribution in [0.5, 0.6) is 0 Å². The van der Waals surface area contributed by atoms with Crippen LogP contribution < -0.4 is 5.32 Å². The van der Waals surface area contributed by atoms with Gasteiger partial charge in [-0.25, -0.2) is 9.67 Å². The molecule has 7 nitrogen and oxygen atoms in total. The van der Waals surface area contributed by atoms with Gasteiger partial charge < -0.3 is 5.32 Å². The molecule has 3 aromatic heterocycles. The van der Waals surface area contributed by atoms with Crippen molar-refractivity contribution in [2.24, 2.45) is 7.05 Å². The Kier molecular flexibility index (Phi) is 5.04. The van der Waals surface area contributed by atoms with E-state index in [1.807, 2.05) is 67.6 Å². The Morgan fingerprint density at radius 3 is 2.62 bits per heavy atom. The van der Waals surface area contributed by atoms with E-state index in [0.29, 0.717) is 18.0 Å². The van der Waals surface area contributed by atoms with Crippen LogP contribution in [0, 0.1) is 13.8 Å². The molecule has 1 atom stereocenters. The summed E-state index contributed by atoms with van der Waals surface area (Å²) in [6, 6.07) is 12.0. The van der Waals surface area contributed by atoms with Crippen molar-refractivity contribution < 1.29 is 4.79 Å². The van der Waals surface area contributed by atoms with E-state index < -0.39 is 0 Å². The predicted octanol–water partition coefficient (Wildman–Crippen LogP) is 4.20. The average molecular weight is 429 g/mol. The van der Waals surface area contributed by atoms with Gasteiger partial charge in [0.15, 0.2) is 5.65 Å². The van der Waals surface area contributed by atoms with Crippen molar-refractivity contribution in [3.63, 3.8) is 0 Å². The number of carbonyl (C=O) groups excluding carboxylic acids is 1. The minimum Gasteiger partial charge on any atom is -0.345 e. The molecule has 0 aliphatic heterocycles. The topological polar surface area (TPSA) is 77.6 Å². The number of hydrogen-bond acceptors (Lipinski definition) is 4. The van der Waals surface area contributed by atoms with Crippen LogP contribution in [0.25, 0.3) is 11.0 Å². The van der Waals surface area contributed by atoms with Crippen LogP contribution >= 0.6 is 0 Å². The standard InChI is InChI=1S/C25H28N6O/c1-15(21-13-26-30(4)17(21)3)27-25(32)20-12-22(19-10-11-19)28-24-23(20)16(2)29-31(24)14-18-8-6-5-7-9-18/h5-9,12-13,15,19H,10-11,14H2,1-4H3,(H,27,32)/t15-/m0/s1. The molecule has 1 aliphatic rings. The van der Waals surface area contributed by atoms with Crippen molar-refractivity contribution in [1.29, 1.82) is 0 Å². The second-order valence-electron chi connectivity index (χ2n) is 8.80. The Morgan fingerprint density at radius 2 is 1.97 bits per heavy atom.